The van der Waals surface area contributed by atoms with E-state index in [4.69, 9.17) is 5.11 Å². The molecule has 2 amide bonds. The molecule has 0 saturated carbocycles. The summed E-state index contributed by atoms with van der Waals surface area (Å²) >= 11 is 0. The number of methoxy groups -OCH3 is 1. The summed E-state index contributed by atoms with van der Waals surface area (Å²) in [5.74, 6) is -1.24. The highest BCUT2D eigenvalue weighted by Crippen LogP contribution is 2.29. The molecular weight excluding hydrogens is 293 g/mol. The topological polar surface area (TPSA) is 87.7 Å². The third kappa shape index (κ3) is 5.30. The number of hydrogen-bond acceptors (Lipinski definition) is 3. The standard InChI is InChI=1S/C12H13F3N2O4/c1-21-9(10(18)19)6-16-11(20)17-8-4-2-7(3-5-8)12(13,14)15/h2-5,9H,6H2,1H3,(H,18,19)(H2,16,17,20). The number of amides is 2. The lowest BCUT2D eigenvalue weighted by Crippen LogP contribution is -2.39. The molecule has 1 atom stereocenters. The van der Waals surface area contributed by atoms with Crippen LogP contribution >= 0.6 is 0 Å². The Labute approximate surface area is 117 Å². The zero-order chi connectivity index (χ0) is 16.0. The van der Waals surface area contributed by atoms with E-state index in [-0.39, 0.29) is 12.2 Å². The van der Waals surface area contributed by atoms with Crippen molar-refractivity contribution in [2.45, 2.75) is 12.3 Å². The van der Waals surface area contributed by atoms with E-state index in [0.29, 0.717) is 0 Å². The van der Waals surface area contributed by atoms with Gasteiger partial charge in [0.05, 0.1) is 12.1 Å². The fourth-order valence-corrected chi connectivity index (χ4v) is 1.37. The number of carboxylic acid groups (broad SMARTS) is 1. The van der Waals surface area contributed by atoms with E-state index in [9.17, 15) is 22.8 Å². The van der Waals surface area contributed by atoms with Crippen molar-refractivity contribution >= 4 is 17.7 Å². The van der Waals surface area contributed by atoms with Gasteiger partial charge < -0.3 is 20.5 Å². The molecule has 116 valence electrons. The molecule has 0 aliphatic carbocycles. The minimum absolute atomic E-state index is 0.143. The molecule has 0 fully saturated rings. The van der Waals surface area contributed by atoms with Crippen molar-refractivity contribution in [3.8, 4) is 0 Å². The predicted molar refractivity (Wildman–Crippen MR) is 66.9 cm³/mol. The maximum Gasteiger partial charge on any atom is 0.416 e. The van der Waals surface area contributed by atoms with Gasteiger partial charge in [-0.2, -0.15) is 13.2 Å². The predicted octanol–water partition coefficient (Wildman–Crippen LogP) is 1.93. The van der Waals surface area contributed by atoms with Gasteiger partial charge in [-0.05, 0) is 24.3 Å². The Bertz CT molecular complexity index is 502. The third-order valence-electron chi connectivity index (χ3n) is 2.48. The molecule has 1 rings (SSSR count). The molecule has 3 N–H and O–H groups in total. The Balaban J connectivity index is 2.54. The minimum atomic E-state index is -4.45. The first-order chi connectivity index (χ1) is 9.74. The van der Waals surface area contributed by atoms with Crippen molar-refractivity contribution in [2.75, 3.05) is 19.0 Å². The Kier molecular flexibility index (Phi) is 5.53. The molecule has 0 radical (unpaired) electrons. The van der Waals surface area contributed by atoms with Gasteiger partial charge in [0.15, 0.2) is 6.10 Å². The average molecular weight is 306 g/mol. The van der Waals surface area contributed by atoms with Crippen molar-refractivity contribution < 1.29 is 32.6 Å². The van der Waals surface area contributed by atoms with Crippen LogP contribution in [0.1, 0.15) is 5.56 Å². The molecule has 0 saturated heterocycles. The van der Waals surface area contributed by atoms with Crippen LogP contribution in [0.25, 0.3) is 0 Å². The first kappa shape index (κ1) is 16.8. The van der Waals surface area contributed by atoms with Gasteiger partial charge in [0.2, 0.25) is 0 Å². The maximum atomic E-state index is 12.3. The Morgan fingerprint density at radius 3 is 2.29 bits per heavy atom. The number of carboxylic acids is 1. The fourth-order valence-electron chi connectivity index (χ4n) is 1.37. The minimum Gasteiger partial charge on any atom is -0.479 e. The lowest BCUT2D eigenvalue weighted by atomic mass is 10.2. The number of benzene rings is 1. The molecule has 0 aliphatic heterocycles. The van der Waals surface area contributed by atoms with E-state index < -0.39 is 29.8 Å². The van der Waals surface area contributed by atoms with E-state index in [0.717, 1.165) is 24.3 Å². The van der Waals surface area contributed by atoms with Crippen LogP contribution in [0.3, 0.4) is 0 Å². The molecule has 9 heteroatoms. The molecule has 1 aromatic rings. The molecular formula is C12H13F3N2O4. The summed E-state index contributed by atoms with van der Waals surface area (Å²) in [5.41, 5.74) is -0.691. The number of urea groups is 1. The van der Waals surface area contributed by atoms with Crippen molar-refractivity contribution in [1.82, 2.24) is 5.32 Å². The summed E-state index contributed by atoms with van der Waals surface area (Å²) < 4.78 is 41.6. The molecule has 0 bridgehead atoms. The second kappa shape index (κ2) is 6.93. The summed E-state index contributed by atoms with van der Waals surface area (Å²) in [6.07, 6.45) is -5.66. The van der Waals surface area contributed by atoms with Crippen molar-refractivity contribution in [1.29, 1.82) is 0 Å². The third-order valence-corrected chi connectivity index (χ3v) is 2.48. The van der Waals surface area contributed by atoms with Crippen LogP contribution in [0.5, 0.6) is 0 Å². The van der Waals surface area contributed by atoms with E-state index in [2.05, 4.69) is 15.4 Å². The van der Waals surface area contributed by atoms with Gasteiger partial charge in [-0.1, -0.05) is 0 Å². The van der Waals surface area contributed by atoms with E-state index >= 15 is 0 Å². The van der Waals surface area contributed by atoms with Crippen LogP contribution in [0.15, 0.2) is 24.3 Å². The Hall–Kier alpha value is -2.29. The number of aliphatic carboxylic acids is 1. The zero-order valence-electron chi connectivity index (χ0n) is 10.9. The van der Waals surface area contributed by atoms with E-state index in [1.165, 1.54) is 7.11 Å². The summed E-state index contributed by atoms with van der Waals surface area (Å²) in [6.45, 7) is -0.279. The summed E-state index contributed by atoms with van der Waals surface area (Å²) in [5, 5.41) is 13.2. The van der Waals surface area contributed by atoms with Gasteiger partial charge in [0.1, 0.15) is 0 Å². The van der Waals surface area contributed by atoms with Crippen LogP contribution in [-0.2, 0) is 15.7 Å². The quantitative estimate of drug-likeness (QED) is 0.775. The fraction of sp³-hybridized carbons (Fsp3) is 0.333. The first-order valence-electron chi connectivity index (χ1n) is 5.71. The number of nitrogens with one attached hydrogen (secondary N) is 2. The van der Waals surface area contributed by atoms with Crippen LogP contribution in [0.4, 0.5) is 23.7 Å². The lowest BCUT2D eigenvalue weighted by molar-refractivity contribution is -0.148. The Morgan fingerprint density at radius 2 is 1.86 bits per heavy atom. The van der Waals surface area contributed by atoms with Crippen LogP contribution < -0.4 is 10.6 Å². The van der Waals surface area contributed by atoms with Crippen LogP contribution in [0.2, 0.25) is 0 Å². The second-order valence-corrected chi connectivity index (χ2v) is 3.97. The molecule has 1 aromatic carbocycles. The summed E-state index contributed by atoms with van der Waals surface area (Å²) in [4.78, 5) is 22.1. The summed E-state index contributed by atoms with van der Waals surface area (Å²) in [7, 11) is 1.17. The highest BCUT2D eigenvalue weighted by Gasteiger charge is 2.30. The normalized spacial score (nSPS) is 12.6. The number of carbonyl (C=O) groups excluding carboxylic acids is 1. The van der Waals surface area contributed by atoms with E-state index in [1.807, 2.05) is 0 Å². The SMILES string of the molecule is COC(CNC(=O)Nc1ccc(C(F)(F)F)cc1)C(=O)O. The first-order valence-corrected chi connectivity index (χ1v) is 5.71. The molecule has 0 aromatic heterocycles. The smallest absolute Gasteiger partial charge is 0.416 e. The van der Waals surface area contributed by atoms with Gasteiger partial charge in [-0.25, -0.2) is 9.59 Å². The number of ether oxygens (including phenoxy) is 1. The van der Waals surface area contributed by atoms with E-state index in [1.54, 1.807) is 0 Å². The van der Waals surface area contributed by atoms with Gasteiger partial charge in [-0.3, -0.25) is 0 Å². The Morgan fingerprint density at radius 1 is 1.29 bits per heavy atom. The number of carbonyl (C=O) groups is 2. The van der Waals surface area contributed by atoms with Gasteiger partial charge in [-0.15, -0.1) is 0 Å². The molecule has 6 nitrogen and oxygen atoms in total. The zero-order valence-corrected chi connectivity index (χ0v) is 10.9. The summed E-state index contributed by atoms with van der Waals surface area (Å²) in [6, 6.07) is 3.08. The van der Waals surface area contributed by atoms with Gasteiger partial charge >= 0.3 is 18.2 Å². The van der Waals surface area contributed by atoms with Gasteiger partial charge in [0, 0.05) is 12.8 Å². The average Bonchev–Trinajstić information content (AvgIpc) is 2.38. The largest absolute Gasteiger partial charge is 0.479 e. The maximum absolute atomic E-state index is 12.3. The number of halogens is 3. The molecule has 0 spiro atoms. The molecule has 21 heavy (non-hydrogen) atoms. The number of anilines is 1. The number of rotatable bonds is 5. The number of alkyl halides is 3. The van der Waals surface area contributed by atoms with Crippen LogP contribution in [-0.4, -0.2) is 36.9 Å². The van der Waals surface area contributed by atoms with Crippen molar-refractivity contribution in [3.63, 3.8) is 0 Å². The second-order valence-electron chi connectivity index (χ2n) is 3.97. The molecule has 0 aliphatic rings. The highest BCUT2D eigenvalue weighted by molar-refractivity contribution is 5.89. The number of hydrogen-bond donors (Lipinski definition) is 3. The van der Waals surface area contributed by atoms with Crippen molar-refractivity contribution in [3.05, 3.63) is 29.8 Å². The van der Waals surface area contributed by atoms with Gasteiger partial charge in [0.25, 0.3) is 0 Å². The lowest BCUT2D eigenvalue weighted by Gasteiger charge is -2.12. The van der Waals surface area contributed by atoms with Crippen LogP contribution in [0, 0.1) is 0 Å². The highest BCUT2D eigenvalue weighted by atomic mass is 19.4. The monoisotopic (exact) mass is 306 g/mol. The van der Waals surface area contributed by atoms with Crippen molar-refractivity contribution in [2.24, 2.45) is 0 Å². The molecule has 0 heterocycles. The molecule has 1 unspecified atom stereocenters.